The van der Waals surface area contributed by atoms with Crippen LogP contribution in [0.4, 0.5) is 0 Å². The summed E-state index contributed by atoms with van der Waals surface area (Å²) in [7, 11) is 0. The summed E-state index contributed by atoms with van der Waals surface area (Å²) in [5.41, 5.74) is 3.99. The van der Waals surface area contributed by atoms with Gasteiger partial charge < -0.3 is 8.83 Å². The van der Waals surface area contributed by atoms with Crippen LogP contribution in [0.25, 0.3) is 21.9 Å². The highest BCUT2D eigenvalue weighted by atomic mass is 79.9. The number of rotatable bonds is 2. The molecule has 2 aromatic heterocycles. The van der Waals surface area contributed by atoms with Crippen molar-refractivity contribution in [2.24, 2.45) is 0 Å². The minimum absolute atomic E-state index is 0.328. The van der Waals surface area contributed by atoms with Gasteiger partial charge in [-0.3, -0.25) is 0 Å². The van der Waals surface area contributed by atoms with Gasteiger partial charge >= 0.3 is 5.63 Å². The third-order valence-electron chi connectivity index (χ3n) is 3.56. The first kappa shape index (κ1) is 13.9. The van der Waals surface area contributed by atoms with Crippen molar-refractivity contribution < 1.29 is 8.83 Å². The zero-order valence-corrected chi connectivity index (χ0v) is 14.2. The number of hydrogen-bond donors (Lipinski definition) is 0. The van der Waals surface area contributed by atoms with E-state index >= 15 is 0 Å². The van der Waals surface area contributed by atoms with Crippen molar-refractivity contribution in [2.45, 2.75) is 24.5 Å². The molecule has 0 amide bonds. The molecule has 3 rings (SSSR count). The molecule has 0 saturated heterocycles. The molecule has 0 aliphatic heterocycles. The van der Waals surface area contributed by atoms with Crippen molar-refractivity contribution in [2.75, 3.05) is 0 Å². The van der Waals surface area contributed by atoms with E-state index in [9.17, 15) is 4.79 Å². The summed E-state index contributed by atoms with van der Waals surface area (Å²) < 4.78 is 11.3. The number of hydrogen-bond acceptors (Lipinski definition) is 3. The summed E-state index contributed by atoms with van der Waals surface area (Å²) in [4.78, 5) is 11.6. The molecule has 20 heavy (non-hydrogen) atoms. The zero-order valence-electron chi connectivity index (χ0n) is 11.0. The molecule has 0 atom stereocenters. The number of alkyl halides is 2. The minimum Gasteiger partial charge on any atom is -0.459 e. The van der Waals surface area contributed by atoms with Crippen molar-refractivity contribution in [3.05, 3.63) is 45.0 Å². The maximum absolute atomic E-state index is 11.6. The molecule has 0 bridgehead atoms. The van der Waals surface area contributed by atoms with Gasteiger partial charge in [0, 0.05) is 33.3 Å². The van der Waals surface area contributed by atoms with E-state index in [1.54, 1.807) is 0 Å². The average Bonchev–Trinajstić information content (AvgIpc) is 2.78. The van der Waals surface area contributed by atoms with Gasteiger partial charge in [0.25, 0.3) is 0 Å². The second-order valence-electron chi connectivity index (χ2n) is 4.77. The topological polar surface area (TPSA) is 43.4 Å². The Morgan fingerprint density at radius 2 is 1.70 bits per heavy atom. The maximum atomic E-state index is 11.6. The van der Waals surface area contributed by atoms with E-state index in [1.165, 1.54) is 6.07 Å². The molecule has 0 fully saturated rings. The van der Waals surface area contributed by atoms with Gasteiger partial charge in [-0.15, -0.1) is 0 Å². The van der Waals surface area contributed by atoms with Gasteiger partial charge in [-0.1, -0.05) is 31.9 Å². The van der Waals surface area contributed by atoms with Crippen molar-refractivity contribution in [1.29, 1.82) is 0 Å². The second-order valence-corrected chi connectivity index (χ2v) is 5.90. The highest BCUT2D eigenvalue weighted by Crippen LogP contribution is 2.36. The summed E-state index contributed by atoms with van der Waals surface area (Å²) >= 11 is 6.96. The van der Waals surface area contributed by atoms with E-state index in [-0.39, 0.29) is 5.63 Å². The van der Waals surface area contributed by atoms with E-state index in [4.69, 9.17) is 8.83 Å². The number of halogens is 2. The lowest BCUT2D eigenvalue weighted by Gasteiger charge is -2.04. The lowest BCUT2D eigenvalue weighted by atomic mass is 10.0. The number of fused-ring (bicyclic) bond motifs is 2. The normalized spacial score (nSPS) is 11.6. The molecular weight excluding hydrogens is 388 g/mol. The summed E-state index contributed by atoms with van der Waals surface area (Å²) in [6, 6.07) is 3.56. The van der Waals surface area contributed by atoms with Crippen LogP contribution < -0.4 is 5.63 Å². The number of aryl methyl sites for hydroxylation is 2. The van der Waals surface area contributed by atoms with Crippen molar-refractivity contribution in [3.63, 3.8) is 0 Å². The van der Waals surface area contributed by atoms with Gasteiger partial charge in [-0.25, -0.2) is 4.79 Å². The highest BCUT2D eigenvalue weighted by Gasteiger charge is 2.18. The molecule has 1 aromatic carbocycles. The molecule has 0 radical (unpaired) electrons. The van der Waals surface area contributed by atoms with Gasteiger partial charge in [0.1, 0.15) is 16.9 Å². The maximum Gasteiger partial charge on any atom is 0.336 e. The molecule has 0 N–H and O–H groups in total. The Labute approximate surface area is 132 Å². The quantitative estimate of drug-likeness (QED) is 0.452. The fourth-order valence-electron chi connectivity index (χ4n) is 2.54. The minimum atomic E-state index is -0.328. The van der Waals surface area contributed by atoms with Crippen LogP contribution in [-0.2, 0) is 10.7 Å². The van der Waals surface area contributed by atoms with Crippen LogP contribution in [0.5, 0.6) is 0 Å². The molecule has 0 aliphatic rings. The van der Waals surface area contributed by atoms with Crippen molar-refractivity contribution in [1.82, 2.24) is 0 Å². The van der Waals surface area contributed by atoms with Crippen molar-refractivity contribution >= 4 is 53.8 Å². The summed E-state index contributed by atoms with van der Waals surface area (Å²) in [6.45, 7) is 3.84. The first-order valence-corrected chi connectivity index (χ1v) is 8.41. The van der Waals surface area contributed by atoms with Crippen LogP contribution >= 0.6 is 31.9 Å². The zero-order chi connectivity index (χ0) is 14.4. The first-order chi connectivity index (χ1) is 9.56. The molecule has 104 valence electrons. The summed E-state index contributed by atoms with van der Waals surface area (Å²) in [5, 5.41) is 3.40. The van der Waals surface area contributed by atoms with Crippen molar-refractivity contribution in [3.8, 4) is 0 Å². The summed E-state index contributed by atoms with van der Waals surface area (Å²) in [5.74, 6) is 0.898. The number of furan rings is 1. The van der Waals surface area contributed by atoms with Gasteiger partial charge in [0.2, 0.25) is 0 Å². The van der Waals surface area contributed by atoms with E-state index in [2.05, 4.69) is 31.9 Å². The van der Waals surface area contributed by atoms with E-state index in [0.717, 1.165) is 44.1 Å². The Kier molecular flexibility index (Phi) is 3.50. The molecule has 0 unspecified atom stereocenters. The average molecular weight is 400 g/mol. The van der Waals surface area contributed by atoms with Gasteiger partial charge in [-0.2, -0.15) is 0 Å². The highest BCUT2D eigenvalue weighted by molar-refractivity contribution is 9.09. The Morgan fingerprint density at radius 3 is 2.35 bits per heavy atom. The van der Waals surface area contributed by atoms with Crippen LogP contribution in [0.3, 0.4) is 0 Å². The molecule has 5 heteroatoms. The second kappa shape index (κ2) is 5.04. The molecule has 0 saturated carbocycles. The smallest absolute Gasteiger partial charge is 0.336 e. The van der Waals surface area contributed by atoms with Gasteiger partial charge in [-0.05, 0) is 25.5 Å². The Bertz CT molecular complexity index is 874. The standard InChI is InChI=1S/C15H12Br2O3/c1-7-3-13(18)20-14-8(2)15-10(4-9(7)14)11(5-16)12(6-17)19-15/h3-4H,5-6H2,1-2H3. The van der Waals surface area contributed by atoms with E-state index < -0.39 is 0 Å². The van der Waals surface area contributed by atoms with Crippen LogP contribution in [0.15, 0.2) is 25.8 Å². The van der Waals surface area contributed by atoms with E-state index in [0.29, 0.717) is 10.9 Å². The Morgan fingerprint density at radius 1 is 1.00 bits per heavy atom. The van der Waals surface area contributed by atoms with Crippen LogP contribution in [0.1, 0.15) is 22.5 Å². The third kappa shape index (κ3) is 1.95. The Balaban J connectivity index is 2.55. The van der Waals surface area contributed by atoms with Crippen LogP contribution in [0, 0.1) is 13.8 Å². The van der Waals surface area contributed by atoms with Gasteiger partial charge in [0.15, 0.2) is 0 Å². The largest absolute Gasteiger partial charge is 0.459 e. The monoisotopic (exact) mass is 398 g/mol. The van der Waals surface area contributed by atoms with Crippen LogP contribution in [-0.4, -0.2) is 0 Å². The molecule has 3 nitrogen and oxygen atoms in total. The fraction of sp³-hybridized carbons (Fsp3) is 0.267. The molecule has 0 aliphatic carbocycles. The fourth-order valence-corrected chi connectivity index (χ4v) is 3.60. The lowest BCUT2D eigenvalue weighted by molar-refractivity contribution is 0.550. The number of benzene rings is 1. The first-order valence-electron chi connectivity index (χ1n) is 6.17. The third-order valence-corrected chi connectivity index (χ3v) is 4.63. The predicted molar refractivity (Wildman–Crippen MR) is 87.0 cm³/mol. The predicted octanol–water partition coefficient (Wildman–Crippen LogP) is 4.95. The van der Waals surface area contributed by atoms with Gasteiger partial charge in [0.05, 0.1) is 5.33 Å². The molecule has 2 heterocycles. The lowest BCUT2D eigenvalue weighted by Crippen LogP contribution is -1.99. The SMILES string of the molecule is Cc1cc(=O)oc2c(C)c3oc(CBr)c(CBr)c3cc12. The Hall–Kier alpha value is -1.07. The molecule has 0 spiro atoms. The van der Waals surface area contributed by atoms with Crippen LogP contribution in [0.2, 0.25) is 0 Å². The summed E-state index contributed by atoms with van der Waals surface area (Å²) in [6.07, 6.45) is 0. The molecule has 3 aromatic rings. The van der Waals surface area contributed by atoms with E-state index in [1.807, 2.05) is 19.9 Å². The molecular formula is C15H12Br2O3.